The number of amides is 1. The van der Waals surface area contributed by atoms with Crippen LogP contribution in [0.5, 0.6) is 0 Å². The SMILES string of the molecule is CN1CCCN(c2ccc(Nc3nccc(N(C(=O)O)c4ccc(-c5ccccc5)cc4)n3)cc2)CC1. The van der Waals surface area contributed by atoms with Crippen LogP contribution < -0.4 is 15.1 Å². The van der Waals surface area contributed by atoms with Gasteiger partial charge < -0.3 is 20.2 Å². The minimum absolute atomic E-state index is 0.266. The van der Waals surface area contributed by atoms with Gasteiger partial charge in [0.25, 0.3) is 0 Å². The van der Waals surface area contributed by atoms with E-state index in [2.05, 4.69) is 44.3 Å². The van der Waals surface area contributed by atoms with E-state index in [1.54, 1.807) is 24.4 Å². The Hall–Kier alpha value is -4.43. The van der Waals surface area contributed by atoms with E-state index in [0.717, 1.165) is 54.3 Å². The second-order valence-corrected chi connectivity index (χ2v) is 9.09. The average Bonchev–Trinajstić information content (AvgIpc) is 3.15. The number of aromatic nitrogens is 2. The second kappa shape index (κ2) is 11.1. The number of rotatable bonds is 6. The first-order valence-electron chi connectivity index (χ1n) is 12.4. The number of nitrogens with one attached hydrogen (secondary N) is 1. The van der Waals surface area contributed by atoms with Crippen molar-refractivity contribution in [1.29, 1.82) is 0 Å². The molecule has 1 fully saturated rings. The van der Waals surface area contributed by atoms with Gasteiger partial charge in [-0.3, -0.25) is 0 Å². The number of likely N-dealkylation sites (N-methyl/N-ethyl adjacent to an activating group) is 1. The molecule has 4 aromatic rings. The average molecular weight is 495 g/mol. The lowest BCUT2D eigenvalue weighted by Crippen LogP contribution is -2.28. The molecule has 188 valence electrons. The molecule has 1 amide bonds. The highest BCUT2D eigenvalue weighted by molar-refractivity contribution is 5.94. The Morgan fingerprint density at radius 1 is 0.865 bits per heavy atom. The molecular weight excluding hydrogens is 464 g/mol. The van der Waals surface area contributed by atoms with Crippen LogP contribution in [0.25, 0.3) is 11.1 Å². The monoisotopic (exact) mass is 494 g/mol. The molecule has 2 heterocycles. The molecule has 1 aliphatic rings. The fraction of sp³-hybridized carbons (Fsp3) is 0.207. The van der Waals surface area contributed by atoms with E-state index < -0.39 is 6.09 Å². The number of nitrogens with zero attached hydrogens (tertiary/aromatic N) is 5. The maximum atomic E-state index is 12.2. The molecule has 0 spiro atoms. The van der Waals surface area contributed by atoms with Gasteiger partial charge in [0, 0.05) is 43.3 Å². The maximum absolute atomic E-state index is 12.2. The third kappa shape index (κ3) is 5.87. The topological polar surface area (TPSA) is 84.8 Å². The largest absolute Gasteiger partial charge is 0.464 e. The minimum Gasteiger partial charge on any atom is -0.464 e. The standard InChI is InChI=1S/C29H30N6O2/c1-33-18-5-19-34(21-20-33)25-14-10-24(11-15-25)31-28-30-17-16-27(32-28)35(29(36)37)26-12-8-23(9-13-26)22-6-3-2-4-7-22/h2-4,6-17H,5,18-21H2,1H3,(H,36,37)(H,30,31,32). The molecule has 0 saturated carbocycles. The summed E-state index contributed by atoms with van der Waals surface area (Å²) >= 11 is 0. The molecule has 0 radical (unpaired) electrons. The number of hydrogen-bond donors (Lipinski definition) is 2. The fourth-order valence-electron chi connectivity index (χ4n) is 4.50. The second-order valence-electron chi connectivity index (χ2n) is 9.09. The van der Waals surface area contributed by atoms with Crippen molar-refractivity contribution in [1.82, 2.24) is 14.9 Å². The first kappa shape index (κ1) is 24.3. The van der Waals surface area contributed by atoms with E-state index in [-0.39, 0.29) is 5.82 Å². The third-order valence-corrected chi connectivity index (χ3v) is 6.50. The van der Waals surface area contributed by atoms with E-state index in [4.69, 9.17) is 0 Å². The maximum Gasteiger partial charge on any atom is 0.417 e. The lowest BCUT2D eigenvalue weighted by atomic mass is 10.1. The number of benzene rings is 3. The molecule has 0 bridgehead atoms. The van der Waals surface area contributed by atoms with Crippen LogP contribution in [0.4, 0.5) is 33.6 Å². The van der Waals surface area contributed by atoms with Gasteiger partial charge in [-0.15, -0.1) is 0 Å². The Morgan fingerprint density at radius 3 is 2.32 bits per heavy atom. The van der Waals surface area contributed by atoms with Crippen molar-refractivity contribution in [3.63, 3.8) is 0 Å². The van der Waals surface area contributed by atoms with Crippen LogP contribution in [0.2, 0.25) is 0 Å². The molecule has 8 nitrogen and oxygen atoms in total. The molecule has 3 aromatic carbocycles. The van der Waals surface area contributed by atoms with E-state index in [0.29, 0.717) is 11.6 Å². The molecule has 0 aliphatic carbocycles. The molecule has 1 aromatic heterocycles. The van der Waals surface area contributed by atoms with E-state index in [9.17, 15) is 9.90 Å². The van der Waals surface area contributed by atoms with Gasteiger partial charge in [0.1, 0.15) is 5.82 Å². The molecule has 0 atom stereocenters. The molecule has 2 N–H and O–H groups in total. The lowest BCUT2D eigenvalue weighted by Gasteiger charge is -2.23. The molecule has 37 heavy (non-hydrogen) atoms. The first-order valence-corrected chi connectivity index (χ1v) is 12.4. The molecular formula is C29H30N6O2. The normalized spacial score (nSPS) is 14.1. The van der Waals surface area contributed by atoms with Crippen molar-refractivity contribution in [2.24, 2.45) is 0 Å². The van der Waals surface area contributed by atoms with E-state index in [1.807, 2.05) is 54.6 Å². The van der Waals surface area contributed by atoms with Crippen molar-refractivity contribution in [3.05, 3.63) is 91.1 Å². The highest BCUT2D eigenvalue weighted by Crippen LogP contribution is 2.28. The zero-order chi connectivity index (χ0) is 25.6. The van der Waals surface area contributed by atoms with E-state index in [1.165, 1.54) is 5.69 Å². The van der Waals surface area contributed by atoms with Gasteiger partial charge in [-0.05, 0) is 67.5 Å². The van der Waals surface area contributed by atoms with Crippen molar-refractivity contribution in [3.8, 4) is 11.1 Å². The summed E-state index contributed by atoms with van der Waals surface area (Å²) in [5.41, 5.74) is 4.60. The first-order chi connectivity index (χ1) is 18.1. The predicted octanol–water partition coefficient (Wildman–Crippen LogP) is 5.85. The summed E-state index contributed by atoms with van der Waals surface area (Å²) < 4.78 is 0. The van der Waals surface area contributed by atoms with Gasteiger partial charge in [-0.25, -0.2) is 14.7 Å². The van der Waals surface area contributed by atoms with Crippen LogP contribution in [-0.4, -0.2) is 59.3 Å². The summed E-state index contributed by atoms with van der Waals surface area (Å²) in [7, 11) is 2.16. The number of carbonyl (C=O) groups is 1. The Kier molecular flexibility index (Phi) is 7.28. The number of carboxylic acid groups (broad SMARTS) is 1. The van der Waals surface area contributed by atoms with Crippen molar-refractivity contribution in [2.45, 2.75) is 6.42 Å². The van der Waals surface area contributed by atoms with Gasteiger partial charge in [0.15, 0.2) is 0 Å². The number of anilines is 5. The minimum atomic E-state index is -1.12. The summed E-state index contributed by atoms with van der Waals surface area (Å²) in [6.07, 6.45) is 1.58. The predicted molar refractivity (Wildman–Crippen MR) is 148 cm³/mol. The number of hydrogen-bond acceptors (Lipinski definition) is 6. The molecule has 8 heteroatoms. The van der Waals surface area contributed by atoms with Crippen LogP contribution >= 0.6 is 0 Å². The summed E-state index contributed by atoms with van der Waals surface area (Å²) in [4.78, 5) is 26.9. The van der Waals surface area contributed by atoms with Crippen molar-refractivity contribution >= 4 is 34.9 Å². The van der Waals surface area contributed by atoms with Gasteiger partial charge >= 0.3 is 6.09 Å². The highest BCUT2D eigenvalue weighted by atomic mass is 16.4. The van der Waals surface area contributed by atoms with Crippen LogP contribution in [0, 0.1) is 0 Å². The Morgan fingerprint density at radius 2 is 1.59 bits per heavy atom. The van der Waals surface area contributed by atoms with Gasteiger partial charge in [-0.1, -0.05) is 42.5 Å². The Bertz CT molecular complexity index is 1330. The van der Waals surface area contributed by atoms with Crippen LogP contribution in [0.15, 0.2) is 91.1 Å². The molecule has 1 saturated heterocycles. The third-order valence-electron chi connectivity index (χ3n) is 6.50. The Labute approximate surface area is 216 Å². The van der Waals surface area contributed by atoms with Crippen LogP contribution in [0.1, 0.15) is 6.42 Å². The summed E-state index contributed by atoms with van der Waals surface area (Å²) in [6, 6.07) is 27.1. The zero-order valence-corrected chi connectivity index (χ0v) is 20.8. The summed E-state index contributed by atoms with van der Waals surface area (Å²) in [5, 5.41) is 13.2. The smallest absolute Gasteiger partial charge is 0.417 e. The van der Waals surface area contributed by atoms with E-state index >= 15 is 0 Å². The Balaban J connectivity index is 1.31. The molecule has 5 rings (SSSR count). The quantitative estimate of drug-likeness (QED) is 0.348. The zero-order valence-electron chi connectivity index (χ0n) is 20.8. The highest BCUT2D eigenvalue weighted by Gasteiger charge is 2.19. The van der Waals surface area contributed by atoms with Crippen LogP contribution in [-0.2, 0) is 0 Å². The van der Waals surface area contributed by atoms with Crippen molar-refractivity contribution in [2.75, 3.05) is 48.3 Å². The van der Waals surface area contributed by atoms with Crippen LogP contribution in [0.3, 0.4) is 0 Å². The van der Waals surface area contributed by atoms with Crippen molar-refractivity contribution < 1.29 is 9.90 Å². The van der Waals surface area contributed by atoms with Gasteiger partial charge in [-0.2, -0.15) is 4.98 Å². The summed E-state index contributed by atoms with van der Waals surface area (Å²) in [5.74, 6) is 0.594. The summed E-state index contributed by atoms with van der Waals surface area (Å²) in [6.45, 7) is 4.22. The molecule has 1 aliphatic heterocycles. The lowest BCUT2D eigenvalue weighted by molar-refractivity contribution is 0.204. The van der Waals surface area contributed by atoms with Gasteiger partial charge in [0.2, 0.25) is 5.95 Å². The molecule has 0 unspecified atom stereocenters. The van der Waals surface area contributed by atoms with Gasteiger partial charge in [0.05, 0.1) is 5.69 Å². The fourth-order valence-corrected chi connectivity index (χ4v) is 4.50.